The van der Waals surface area contributed by atoms with Gasteiger partial charge in [-0.05, 0) is 25.7 Å². The molecule has 0 radical (unpaired) electrons. The molecule has 1 saturated carbocycles. The highest BCUT2D eigenvalue weighted by Crippen LogP contribution is 2.29. The Morgan fingerprint density at radius 1 is 1.46 bits per heavy atom. The minimum absolute atomic E-state index is 0.262. The summed E-state index contributed by atoms with van der Waals surface area (Å²) in [6, 6.07) is 0. The van der Waals surface area contributed by atoms with Crippen molar-refractivity contribution in [3.05, 3.63) is 0 Å². The van der Waals surface area contributed by atoms with Gasteiger partial charge in [0.05, 0.1) is 0 Å². The van der Waals surface area contributed by atoms with Crippen molar-refractivity contribution in [2.24, 2.45) is 5.92 Å². The molecular weight excluding hydrogens is 170 g/mol. The lowest BCUT2D eigenvalue weighted by molar-refractivity contribution is -0.144. The minimum atomic E-state index is -1.04. The van der Waals surface area contributed by atoms with Crippen molar-refractivity contribution in [2.75, 3.05) is 13.1 Å². The normalized spacial score (nSPS) is 15.5. The van der Waals surface area contributed by atoms with E-state index >= 15 is 0 Å². The maximum atomic E-state index is 11.3. The van der Waals surface area contributed by atoms with Gasteiger partial charge in [-0.25, -0.2) is 0 Å². The fourth-order valence-electron chi connectivity index (χ4n) is 1.26. The molecule has 0 atom stereocenters. The molecule has 74 valence electrons. The Labute approximate surface area is 77.5 Å². The fourth-order valence-corrected chi connectivity index (χ4v) is 1.26. The van der Waals surface area contributed by atoms with Gasteiger partial charge >= 0.3 is 5.97 Å². The van der Waals surface area contributed by atoms with E-state index in [9.17, 15) is 9.59 Å². The maximum Gasteiger partial charge on any atom is 0.312 e. The monoisotopic (exact) mass is 185 g/mol. The molecule has 1 aliphatic rings. The summed E-state index contributed by atoms with van der Waals surface area (Å²) in [6.45, 7) is 3.23. The van der Waals surface area contributed by atoms with Crippen LogP contribution in [0, 0.1) is 5.92 Å². The molecule has 13 heavy (non-hydrogen) atoms. The first-order valence-corrected chi connectivity index (χ1v) is 4.63. The average molecular weight is 185 g/mol. The smallest absolute Gasteiger partial charge is 0.312 e. The highest BCUT2D eigenvalue weighted by Gasteiger charge is 2.26. The van der Waals surface area contributed by atoms with E-state index in [1.54, 1.807) is 4.90 Å². The average Bonchev–Trinajstić information content (AvgIpc) is 2.81. The van der Waals surface area contributed by atoms with Crippen LogP contribution < -0.4 is 0 Å². The van der Waals surface area contributed by atoms with Crippen molar-refractivity contribution in [1.29, 1.82) is 0 Å². The van der Waals surface area contributed by atoms with E-state index in [4.69, 9.17) is 5.11 Å². The number of carbonyl (C=O) groups excluding carboxylic acids is 1. The summed E-state index contributed by atoms with van der Waals surface area (Å²) in [7, 11) is 0. The molecule has 1 aliphatic carbocycles. The van der Waals surface area contributed by atoms with Gasteiger partial charge in [0, 0.05) is 13.1 Å². The van der Waals surface area contributed by atoms with Crippen molar-refractivity contribution in [2.45, 2.75) is 26.2 Å². The van der Waals surface area contributed by atoms with Crippen LogP contribution >= 0.6 is 0 Å². The number of hydrogen-bond acceptors (Lipinski definition) is 2. The van der Waals surface area contributed by atoms with Crippen LogP contribution in [-0.4, -0.2) is 35.0 Å². The van der Waals surface area contributed by atoms with Gasteiger partial charge < -0.3 is 10.0 Å². The molecule has 0 aromatic carbocycles. The standard InChI is InChI=1S/C9H15NO3/c1-2-10(6-7-3-4-7)8(11)5-9(12)13/h7H,2-6H2,1H3,(H,12,13). The molecular formula is C9H15NO3. The van der Waals surface area contributed by atoms with Gasteiger partial charge in [0.15, 0.2) is 0 Å². The van der Waals surface area contributed by atoms with Gasteiger partial charge in [-0.15, -0.1) is 0 Å². The number of rotatable bonds is 5. The molecule has 0 unspecified atom stereocenters. The van der Waals surface area contributed by atoms with Crippen LogP contribution in [0.2, 0.25) is 0 Å². The molecule has 0 bridgehead atoms. The first-order valence-electron chi connectivity index (χ1n) is 4.63. The number of carboxylic acids is 1. The zero-order valence-corrected chi connectivity index (χ0v) is 7.82. The molecule has 0 aromatic rings. The first kappa shape index (κ1) is 10.0. The second kappa shape index (κ2) is 4.25. The van der Waals surface area contributed by atoms with E-state index in [-0.39, 0.29) is 12.3 Å². The van der Waals surface area contributed by atoms with E-state index in [0.29, 0.717) is 12.5 Å². The molecule has 1 fully saturated rings. The number of carboxylic acid groups (broad SMARTS) is 1. The number of amides is 1. The van der Waals surface area contributed by atoms with Crippen molar-refractivity contribution in [3.63, 3.8) is 0 Å². The Balaban J connectivity index is 2.34. The summed E-state index contributed by atoms with van der Waals surface area (Å²) in [6.07, 6.45) is 1.98. The van der Waals surface area contributed by atoms with E-state index < -0.39 is 5.97 Å². The second-order valence-corrected chi connectivity index (χ2v) is 3.45. The Hall–Kier alpha value is -1.06. The third kappa shape index (κ3) is 3.44. The predicted molar refractivity (Wildman–Crippen MR) is 47.2 cm³/mol. The summed E-state index contributed by atoms with van der Waals surface area (Å²) in [5.41, 5.74) is 0. The molecule has 4 heteroatoms. The van der Waals surface area contributed by atoms with Gasteiger partial charge in [0.25, 0.3) is 0 Å². The Morgan fingerprint density at radius 3 is 2.46 bits per heavy atom. The lowest BCUT2D eigenvalue weighted by Gasteiger charge is -2.19. The van der Waals surface area contributed by atoms with Crippen LogP contribution in [0.5, 0.6) is 0 Å². The van der Waals surface area contributed by atoms with Crippen molar-refractivity contribution >= 4 is 11.9 Å². The van der Waals surface area contributed by atoms with Gasteiger partial charge in [0.2, 0.25) is 5.91 Å². The van der Waals surface area contributed by atoms with Crippen LogP contribution in [0.4, 0.5) is 0 Å². The van der Waals surface area contributed by atoms with Crippen LogP contribution in [-0.2, 0) is 9.59 Å². The maximum absolute atomic E-state index is 11.3. The molecule has 4 nitrogen and oxygen atoms in total. The molecule has 1 amide bonds. The molecule has 0 aliphatic heterocycles. The highest BCUT2D eigenvalue weighted by molar-refractivity contribution is 5.93. The number of nitrogens with zero attached hydrogens (tertiary/aromatic N) is 1. The topological polar surface area (TPSA) is 57.6 Å². The van der Waals surface area contributed by atoms with Gasteiger partial charge in [-0.2, -0.15) is 0 Å². The van der Waals surface area contributed by atoms with Gasteiger partial charge in [0.1, 0.15) is 6.42 Å². The first-order chi connectivity index (χ1) is 6.13. The van der Waals surface area contributed by atoms with Gasteiger partial charge in [-0.3, -0.25) is 9.59 Å². The second-order valence-electron chi connectivity index (χ2n) is 3.45. The van der Waals surface area contributed by atoms with Crippen molar-refractivity contribution in [3.8, 4) is 0 Å². The third-order valence-corrected chi connectivity index (χ3v) is 2.21. The minimum Gasteiger partial charge on any atom is -0.481 e. The lowest BCUT2D eigenvalue weighted by Crippen LogP contribution is -2.33. The molecule has 0 heterocycles. The Kier molecular flexibility index (Phi) is 3.28. The zero-order valence-electron chi connectivity index (χ0n) is 7.82. The highest BCUT2D eigenvalue weighted by atomic mass is 16.4. The molecule has 0 spiro atoms. The lowest BCUT2D eigenvalue weighted by atomic mass is 10.3. The number of carbonyl (C=O) groups is 2. The Bertz CT molecular complexity index is 211. The quantitative estimate of drug-likeness (QED) is 0.642. The molecule has 1 N–H and O–H groups in total. The SMILES string of the molecule is CCN(CC1CC1)C(=O)CC(=O)O. The van der Waals surface area contributed by atoms with E-state index in [0.717, 1.165) is 6.54 Å². The summed E-state index contributed by atoms with van der Waals surface area (Å²) in [5.74, 6) is -0.682. The fraction of sp³-hybridized carbons (Fsp3) is 0.778. The molecule has 0 aromatic heterocycles. The van der Waals surface area contributed by atoms with Crippen molar-refractivity contribution < 1.29 is 14.7 Å². The summed E-state index contributed by atoms with van der Waals surface area (Å²) < 4.78 is 0. The van der Waals surface area contributed by atoms with Crippen LogP contribution in [0.25, 0.3) is 0 Å². The van der Waals surface area contributed by atoms with Crippen LogP contribution in [0.1, 0.15) is 26.2 Å². The molecule has 0 saturated heterocycles. The number of hydrogen-bond donors (Lipinski definition) is 1. The Morgan fingerprint density at radius 2 is 2.08 bits per heavy atom. The van der Waals surface area contributed by atoms with E-state index in [1.165, 1.54) is 12.8 Å². The summed E-state index contributed by atoms with van der Waals surface area (Å²) >= 11 is 0. The summed E-state index contributed by atoms with van der Waals surface area (Å²) in [5, 5.41) is 8.43. The zero-order chi connectivity index (χ0) is 9.84. The predicted octanol–water partition coefficient (Wildman–Crippen LogP) is 0.720. The van der Waals surface area contributed by atoms with Crippen LogP contribution in [0.15, 0.2) is 0 Å². The molecule has 1 rings (SSSR count). The van der Waals surface area contributed by atoms with Crippen molar-refractivity contribution in [1.82, 2.24) is 4.90 Å². The third-order valence-electron chi connectivity index (χ3n) is 2.21. The largest absolute Gasteiger partial charge is 0.481 e. The number of aliphatic carboxylic acids is 1. The van der Waals surface area contributed by atoms with Gasteiger partial charge in [-0.1, -0.05) is 0 Å². The van der Waals surface area contributed by atoms with E-state index in [2.05, 4.69) is 0 Å². The summed E-state index contributed by atoms with van der Waals surface area (Å²) in [4.78, 5) is 23.2. The van der Waals surface area contributed by atoms with E-state index in [1.807, 2.05) is 6.92 Å². The van der Waals surface area contributed by atoms with Crippen LogP contribution in [0.3, 0.4) is 0 Å².